The molecule has 2 heteroatoms. The molecule has 0 aliphatic heterocycles. The molecule has 0 aliphatic rings. The quantitative estimate of drug-likeness (QED) is 0.757. The van der Waals surface area contributed by atoms with Crippen molar-refractivity contribution in [3.05, 3.63) is 60.1 Å². The van der Waals surface area contributed by atoms with Crippen molar-refractivity contribution in [1.82, 2.24) is 0 Å². The molecular weight excluding hydrogens is 162 g/mol. The minimum atomic E-state index is -0.156. The van der Waals surface area contributed by atoms with Gasteiger partial charge in [-0.1, -0.05) is 30.3 Å². The van der Waals surface area contributed by atoms with Crippen LogP contribution >= 0.6 is 0 Å². The number of hydrogen-bond acceptors (Lipinski definition) is 2. The lowest BCUT2D eigenvalue weighted by atomic mass is 10.1. The molecule has 0 fully saturated rings. The normalized spacial score (nSPS) is 12.7. The molecule has 0 bridgehead atoms. The summed E-state index contributed by atoms with van der Waals surface area (Å²) in [7, 11) is 0. The van der Waals surface area contributed by atoms with Crippen LogP contribution in [0.3, 0.4) is 0 Å². The van der Waals surface area contributed by atoms with E-state index >= 15 is 0 Å². The Labute approximate surface area is 77.0 Å². The zero-order valence-electron chi connectivity index (χ0n) is 7.18. The minimum Gasteiger partial charge on any atom is -0.467 e. The largest absolute Gasteiger partial charge is 0.467 e. The van der Waals surface area contributed by atoms with Crippen molar-refractivity contribution in [2.45, 2.75) is 6.04 Å². The zero-order valence-corrected chi connectivity index (χ0v) is 7.18. The van der Waals surface area contributed by atoms with Crippen molar-refractivity contribution in [3.63, 3.8) is 0 Å². The Hall–Kier alpha value is -1.54. The highest BCUT2D eigenvalue weighted by Gasteiger charge is 2.09. The summed E-state index contributed by atoms with van der Waals surface area (Å²) in [5.41, 5.74) is 7.03. The third-order valence-electron chi connectivity index (χ3n) is 2.01. The van der Waals surface area contributed by atoms with Gasteiger partial charge in [0.2, 0.25) is 0 Å². The van der Waals surface area contributed by atoms with E-state index in [1.165, 1.54) is 0 Å². The summed E-state index contributed by atoms with van der Waals surface area (Å²) >= 11 is 0. The molecule has 0 amide bonds. The number of hydrogen-bond donors (Lipinski definition) is 1. The van der Waals surface area contributed by atoms with Gasteiger partial charge in [0.25, 0.3) is 0 Å². The van der Waals surface area contributed by atoms with E-state index in [0.29, 0.717) is 0 Å². The molecule has 1 aromatic heterocycles. The van der Waals surface area contributed by atoms with Crippen LogP contribution in [0.1, 0.15) is 17.4 Å². The fourth-order valence-corrected chi connectivity index (χ4v) is 1.29. The van der Waals surface area contributed by atoms with Crippen molar-refractivity contribution < 1.29 is 4.42 Å². The van der Waals surface area contributed by atoms with Crippen molar-refractivity contribution >= 4 is 0 Å². The Morgan fingerprint density at radius 3 is 2.38 bits per heavy atom. The summed E-state index contributed by atoms with van der Waals surface area (Å²) in [4.78, 5) is 0. The molecule has 0 aliphatic carbocycles. The van der Waals surface area contributed by atoms with Gasteiger partial charge in [0.1, 0.15) is 5.76 Å². The lowest BCUT2D eigenvalue weighted by Crippen LogP contribution is -2.10. The fourth-order valence-electron chi connectivity index (χ4n) is 1.29. The zero-order chi connectivity index (χ0) is 9.10. The van der Waals surface area contributed by atoms with E-state index in [1.54, 1.807) is 6.26 Å². The van der Waals surface area contributed by atoms with Crippen LogP contribution in [-0.2, 0) is 0 Å². The molecule has 0 radical (unpaired) electrons. The van der Waals surface area contributed by atoms with Crippen LogP contribution in [0.25, 0.3) is 0 Å². The highest BCUT2D eigenvalue weighted by atomic mass is 16.3. The van der Waals surface area contributed by atoms with E-state index in [0.717, 1.165) is 11.3 Å². The van der Waals surface area contributed by atoms with Crippen molar-refractivity contribution in [2.24, 2.45) is 5.73 Å². The third kappa shape index (κ3) is 1.63. The summed E-state index contributed by atoms with van der Waals surface area (Å²) in [6, 6.07) is 13.5. The average Bonchev–Trinajstić information content (AvgIpc) is 2.71. The smallest absolute Gasteiger partial charge is 0.124 e. The van der Waals surface area contributed by atoms with Gasteiger partial charge in [-0.25, -0.2) is 0 Å². The van der Waals surface area contributed by atoms with Crippen LogP contribution in [0.4, 0.5) is 0 Å². The van der Waals surface area contributed by atoms with E-state index in [1.807, 2.05) is 42.5 Å². The van der Waals surface area contributed by atoms with Gasteiger partial charge in [0.15, 0.2) is 0 Å². The van der Waals surface area contributed by atoms with E-state index in [4.69, 9.17) is 10.2 Å². The maximum Gasteiger partial charge on any atom is 0.124 e. The van der Waals surface area contributed by atoms with E-state index < -0.39 is 0 Å². The Kier molecular flexibility index (Phi) is 2.15. The number of rotatable bonds is 2. The predicted molar refractivity (Wildman–Crippen MR) is 51.2 cm³/mol. The van der Waals surface area contributed by atoms with Crippen LogP contribution in [0.2, 0.25) is 0 Å². The average molecular weight is 173 g/mol. The molecule has 13 heavy (non-hydrogen) atoms. The van der Waals surface area contributed by atoms with Gasteiger partial charge >= 0.3 is 0 Å². The van der Waals surface area contributed by atoms with Gasteiger partial charge in [-0.15, -0.1) is 0 Å². The molecular formula is C11H11NO. The Bertz CT molecular complexity index is 353. The molecule has 2 aromatic rings. The van der Waals surface area contributed by atoms with Gasteiger partial charge in [0, 0.05) is 0 Å². The summed E-state index contributed by atoms with van der Waals surface area (Å²) in [5.74, 6) is 0.797. The SMILES string of the molecule is NC(c1ccccc1)c1ccco1. The molecule has 0 saturated carbocycles. The molecule has 0 saturated heterocycles. The number of furan rings is 1. The third-order valence-corrected chi connectivity index (χ3v) is 2.01. The molecule has 0 spiro atoms. The molecule has 1 atom stereocenters. The molecule has 2 nitrogen and oxygen atoms in total. The predicted octanol–water partition coefficient (Wildman–Crippen LogP) is 2.33. The van der Waals surface area contributed by atoms with Crippen LogP contribution in [0.15, 0.2) is 53.1 Å². The standard InChI is InChI=1S/C11H11NO/c12-11(10-7-4-8-13-10)9-5-2-1-3-6-9/h1-8,11H,12H2. The maximum atomic E-state index is 5.97. The van der Waals surface area contributed by atoms with E-state index in [2.05, 4.69) is 0 Å². The van der Waals surface area contributed by atoms with Crippen molar-refractivity contribution in [1.29, 1.82) is 0 Å². The van der Waals surface area contributed by atoms with Crippen LogP contribution < -0.4 is 5.73 Å². The van der Waals surface area contributed by atoms with Crippen molar-refractivity contribution in [2.75, 3.05) is 0 Å². The van der Waals surface area contributed by atoms with Gasteiger partial charge < -0.3 is 10.2 Å². The van der Waals surface area contributed by atoms with Crippen LogP contribution in [0.5, 0.6) is 0 Å². The number of benzene rings is 1. The Balaban J connectivity index is 2.29. The molecule has 66 valence electrons. The second-order valence-electron chi connectivity index (χ2n) is 2.90. The first-order chi connectivity index (χ1) is 6.38. The Morgan fingerprint density at radius 1 is 1.00 bits per heavy atom. The van der Waals surface area contributed by atoms with E-state index in [-0.39, 0.29) is 6.04 Å². The molecule has 1 aromatic carbocycles. The maximum absolute atomic E-state index is 5.97. The van der Waals surface area contributed by atoms with Crippen molar-refractivity contribution in [3.8, 4) is 0 Å². The summed E-state index contributed by atoms with van der Waals surface area (Å²) in [5, 5.41) is 0. The minimum absolute atomic E-state index is 0.156. The summed E-state index contributed by atoms with van der Waals surface area (Å²) in [6.07, 6.45) is 1.64. The number of nitrogens with two attached hydrogens (primary N) is 1. The second-order valence-corrected chi connectivity index (χ2v) is 2.90. The van der Waals surface area contributed by atoms with Gasteiger partial charge in [-0.2, -0.15) is 0 Å². The molecule has 1 heterocycles. The first kappa shape index (κ1) is 8.08. The molecule has 2 N–H and O–H groups in total. The van der Waals surface area contributed by atoms with Crippen LogP contribution in [-0.4, -0.2) is 0 Å². The first-order valence-corrected chi connectivity index (χ1v) is 4.22. The molecule has 1 unspecified atom stereocenters. The molecule has 2 rings (SSSR count). The lowest BCUT2D eigenvalue weighted by molar-refractivity contribution is 0.490. The highest BCUT2D eigenvalue weighted by molar-refractivity contribution is 5.25. The van der Waals surface area contributed by atoms with Crippen LogP contribution in [0, 0.1) is 0 Å². The highest BCUT2D eigenvalue weighted by Crippen LogP contribution is 2.18. The monoisotopic (exact) mass is 173 g/mol. The van der Waals surface area contributed by atoms with Gasteiger partial charge in [0.05, 0.1) is 12.3 Å². The Morgan fingerprint density at radius 2 is 1.77 bits per heavy atom. The van der Waals surface area contributed by atoms with E-state index in [9.17, 15) is 0 Å². The lowest BCUT2D eigenvalue weighted by Gasteiger charge is -2.07. The van der Waals surface area contributed by atoms with Gasteiger partial charge in [-0.05, 0) is 17.7 Å². The fraction of sp³-hybridized carbons (Fsp3) is 0.0909. The van der Waals surface area contributed by atoms with Gasteiger partial charge in [-0.3, -0.25) is 0 Å². The second kappa shape index (κ2) is 3.46. The summed E-state index contributed by atoms with van der Waals surface area (Å²) < 4.78 is 5.22. The first-order valence-electron chi connectivity index (χ1n) is 4.22. The topological polar surface area (TPSA) is 39.2 Å². The summed E-state index contributed by atoms with van der Waals surface area (Å²) in [6.45, 7) is 0.